The first-order valence-electron chi connectivity index (χ1n) is 6.38. The van der Waals surface area contributed by atoms with Crippen molar-refractivity contribution in [1.29, 1.82) is 0 Å². The van der Waals surface area contributed by atoms with Gasteiger partial charge in [-0.25, -0.2) is 8.78 Å². The molecule has 2 unspecified atom stereocenters. The maximum absolute atomic E-state index is 13.8. The van der Waals surface area contributed by atoms with Crippen LogP contribution in [0.5, 0.6) is 0 Å². The molecule has 6 heteroatoms. The van der Waals surface area contributed by atoms with Gasteiger partial charge in [0.25, 0.3) is 5.91 Å². The Balaban J connectivity index is 2.24. The second kappa shape index (κ2) is 6.18. The van der Waals surface area contributed by atoms with Gasteiger partial charge in [0.1, 0.15) is 11.6 Å². The van der Waals surface area contributed by atoms with Crippen LogP contribution in [0, 0.1) is 18.6 Å². The second-order valence-corrected chi connectivity index (χ2v) is 5.66. The average Bonchev–Trinajstić information content (AvgIpc) is 2.41. The van der Waals surface area contributed by atoms with E-state index >= 15 is 0 Å². The molecule has 1 aromatic carbocycles. The van der Waals surface area contributed by atoms with Crippen molar-refractivity contribution in [3.8, 4) is 0 Å². The zero-order valence-corrected chi connectivity index (χ0v) is 12.9. The lowest BCUT2D eigenvalue weighted by molar-refractivity contribution is -0.0560. The molecule has 1 aliphatic heterocycles. The number of rotatable bonds is 2. The maximum Gasteiger partial charge on any atom is 0.257 e. The topological polar surface area (TPSA) is 29.5 Å². The minimum atomic E-state index is -0.826. The zero-order valence-electron chi connectivity index (χ0n) is 11.3. The van der Waals surface area contributed by atoms with Gasteiger partial charge in [0, 0.05) is 24.5 Å². The Hall–Kier alpha value is -1.01. The Kier molecular flexibility index (Phi) is 4.75. The van der Waals surface area contributed by atoms with Gasteiger partial charge in [-0.1, -0.05) is 15.9 Å². The number of nitrogens with zero attached hydrogens (tertiary/aromatic N) is 1. The Labute approximate surface area is 125 Å². The van der Waals surface area contributed by atoms with Gasteiger partial charge in [-0.15, -0.1) is 0 Å². The van der Waals surface area contributed by atoms with Crippen LogP contribution in [0.3, 0.4) is 0 Å². The summed E-state index contributed by atoms with van der Waals surface area (Å²) in [6.45, 7) is 4.17. The van der Waals surface area contributed by atoms with Crippen molar-refractivity contribution in [3.63, 3.8) is 0 Å². The first-order chi connectivity index (χ1) is 9.42. The first kappa shape index (κ1) is 15.4. The molecule has 1 heterocycles. The molecule has 0 bridgehead atoms. The van der Waals surface area contributed by atoms with Gasteiger partial charge in [-0.3, -0.25) is 4.79 Å². The predicted molar refractivity (Wildman–Crippen MR) is 75.1 cm³/mol. The molecule has 3 nitrogen and oxygen atoms in total. The molecule has 1 aromatic rings. The minimum Gasteiger partial charge on any atom is -0.371 e. The highest BCUT2D eigenvalue weighted by Gasteiger charge is 2.29. The van der Waals surface area contributed by atoms with E-state index < -0.39 is 17.5 Å². The Bertz CT molecular complexity index is 524. The van der Waals surface area contributed by atoms with Crippen molar-refractivity contribution in [2.75, 3.05) is 18.4 Å². The molecule has 1 saturated heterocycles. The van der Waals surface area contributed by atoms with Gasteiger partial charge in [0.2, 0.25) is 0 Å². The monoisotopic (exact) mass is 347 g/mol. The van der Waals surface area contributed by atoms with Crippen molar-refractivity contribution >= 4 is 21.8 Å². The molecule has 1 aliphatic rings. The number of aryl methyl sites for hydroxylation is 1. The fourth-order valence-corrected chi connectivity index (χ4v) is 2.65. The lowest BCUT2D eigenvalue weighted by Crippen LogP contribution is -2.49. The molecule has 20 heavy (non-hydrogen) atoms. The third-order valence-corrected chi connectivity index (χ3v) is 3.99. The summed E-state index contributed by atoms with van der Waals surface area (Å²) in [6, 6.07) is 2.02. The molecule has 1 fully saturated rings. The van der Waals surface area contributed by atoms with Crippen LogP contribution in [0.1, 0.15) is 22.8 Å². The van der Waals surface area contributed by atoms with Crippen LogP contribution in [0.2, 0.25) is 0 Å². The fraction of sp³-hybridized carbons (Fsp3) is 0.500. The number of morpholine rings is 1. The molecule has 0 saturated carbocycles. The zero-order chi connectivity index (χ0) is 14.9. The van der Waals surface area contributed by atoms with E-state index in [0.29, 0.717) is 18.4 Å². The summed E-state index contributed by atoms with van der Waals surface area (Å²) in [7, 11) is 0. The Morgan fingerprint density at radius 1 is 1.40 bits per heavy atom. The number of alkyl halides is 1. The van der Waals surface area contributed by atoms with Gasteiger partial charge >= 0.3 is 0 Å². The van der Waals surface area contributed by atoms with Crippen molar-refractivity contribution in [2.24, 2.45) is 0 Å². The van der Waals surface area contributed by atoms with E-state index in [4.69, 9.17) is 4.74 Å². The van der Waals surface area contributed by atoms with Gasteiger partial charge < -0.3 is 9.64 Å². The number of amides is 1. The summed E-state index contributed by atoms with van der Waals surface area (Å²) >= 11 is 3.32. The van der Waals surface area contributed by atoms with Crippen molar-refractivity contribution in [1.82, 2.24) is 4.90 Å². The minimum absolute atomic E-state index is 0.0914. The summed E-state index contributed by atoms with van der Waals surface area (Å²) in [6.07, 6.45) is -0.229. The molecule has 0 aromatic heterocycles. The summed E-state index contributed by atoms with van der Waals surface area (Å²) < 4.78 is 32.7. The first-order valence-corrected chi connectivity index (χ1v) is 7.51. The van der Waals surface area contributed by atoms with E-state index in [2.05, 4.69) is 15.9 Å². The highest BCUT2D eigenvalue weighted by atomic mass is 79.9. The van der Waals surface area contributed by atoms with Crippen molar-refractivity contribution < 1.29 is 18.3 Å². The number of carbonyl (C=O) groups excluding carboxylic acids is 1. The molecular weight excluding hydrogens is 332 g/mol. The van der Waals surface area contributed by atoms with Crippen LogP contribution in [-0.4, -0.2) is 41.4 Å². The lowest BCUT2D eigenvalue weighted by atomic mass is 10.1. The van der Waals surface area contributed by atoms with E-state index in [1.807, 2.05) is 6.92 Å². The van der Waals surface area contributed by atoms with E-state index in [0.717, 1.165) is 6.07 Å². The number of hydrogen-bond donors (Lipinski definition) is 0. The van der Waals surface area contributed by atoms with Gasteiger partial charge in [-0.2, -0.15) is 0 Å². The summed E-state index contributed by atoms with van der Waals surface area (Å²) in [4.78, 5) is 13.9. The van der Waals surface area contributed by atoms with E-state index in [9.17, 15) is 13.6 Å². The molecule has 2 atom stereocenters. The predicted octanol–water partition coefficient (Wildman–Crippen LogP) is 2.90. The Morgan fingerprint density at radius 3 is 2.75 bits per heavy atom. The summed E-state index contributed by atoms with van der Waals surface area (Å²) in [5.41, 5.74) is 0.166. The lowest BCUT2D eigenvalue weighted by Gasteiger charge is -2.36. The van der Waals surface area contributed by atoms with Crippen LogP contribution >= 0.6 is 15.9 Å². The smallest absolute Gasteiger partial charge is 0.257 e. The van der Waals surface area contributed by atoms with Crippen LogP contribution in [0.4, 0.5) is 8.78 Å². The third-order valence-electron chi connectivity index (χ3n) is 3.26. The number of hydrogen-bond acceptors (Lipinski definition) is 2. The second-order valence-electron chi connectivity index (χ2n) is 5.01. The summed E-state index contributed by atoms with van der Waals surface area (Å²) in [5, 5.41) is 0.603. The van der Waals surface area contributed by atoms with Crippen LogP contribution in [-0.2, 0) is 4.74 Å². The van der Waals surface area contributed by atoms with Gasteiger partial charge in [0.15, 0.2) is 0 Å². The standard InChI is InChI=1S/C14H16BrF2NO2/c1-8-3-11(13(17)4-12(8)16)14(19)18-6-9(2)20-10(5-15)7-18/h3-4,9-10H,5-7H2,1-2H3. The van der Waals surface area contributed by atoms with Gasteiger partial charge in [0.05, 0.1) is 17.8 Å². The van der Waals surface area contributed by atoms with Crippen molar-refractivity contribution in [3.05, 3.63) is 34.9 Å². The normalized spacial score (nSPS) is 22.9. The maximum atomic E-state index is 13.8. The number of halogens is 3. The molecule has 1 amide bonds. The number of ether oxygens (including phenoxy) is 1. The molecule has 0 radical (unpaired) electrons. The van der Waals surface area contributed by atoms with Crippen LogP contribution < -0.4 is 0 Å². The van der Waals surface area contributed by atoms with Crippen molar-refractivity contribution in [2.45, 2.75) is 26.1 Å². The Morgan fingerprint density at radius 2 is 2.10 bits per heavy atom. The quantitative estimate of drug-likeness (QED) is 0.770. The van der Waals surface area contributed by atoms with E-state index in [-0.39, 0.29) is 23.3 Å². The molecular formula is C14H16BrF2NO2. The van der Waals surface area contributed by atoms with E-state index in [1.54, 1.807) is 4.90 Å². The highest BCUT2D eigenvalue weighted by molar-refractivity contribution is 9.09. The number of benzene rings is 1. The summed E-state index contributed by atoms with van der Waals surface area (Å²) in [5.74, 6) is -1.90. The average molecular weight is 348 g/mol. The third kappa shape index (κ3) is 3.17. The van der Waals surface area contributed by atoms with Crippen LogP contribution in [0.25, 0.3) is 0 Å². The number of carbonyl (C=O) groups is 1. The van der Waals surface area contributed by atoms with Gasteiger partial charge in [-0.05, 0) is 25.5 Å². The molecule has 110 valence electrons. The largest absolute Gasteiger partial charge is 0.371 e. The highest BCUT2D eigenvalue weighted by Crippen LogP contribution is 2.20. The van der Waals surface area contributed by atoms with E-state index in [1.165, 1.54) is 13.0 Å². The SMILES string of the molecule is Cc1cc(C(=O)N2CC(C)OC(CBr)C2)c(F)cc1F. The molecule has 0 N–H and O–H groups in total. The molecule has 0 spiro atoms. The molecule has 2 rings (SSSR count). The molecule has 0 aliphatic carbocycles. The van der Waals surface area contributed by atoms with Crippen LogP contribution in [0.15, 0.2) is 12.1 Å². The fourth-order valence-electron chi connectivity index (χ4n) is 2.29.